The highest BCUT2D eigenvalue weighted by Gasteiger charge is 2.17. The molecule has 2 aromatic carbocycles. The van der Waals surface area contributed by atoms with Crippen molar-refractivity contribution < 1.29 is 14.2 Å². The number of benzene rings is 2. The maximum absolute atomic E-state index is 5.42. The van der Waals surface area contributed by atoms with Gasteiger partial charge in [0.1, 0.15) is 5.75 Å². The molecule has 0 atom stereocenters. The van der Waals surface area contributed by atoms with Crippen LogP contribution in [0.1, 0.15) is 5.56 Å². The summed E-state index contributed by atoms with van der Waals surface area (Å²) in [7, 11) is 1.65. The lowest BCUT2D eigenvalue weighted by Crippen LogP contribution is -2.00. The molecule has 21 heavy (non-hydrogen) atoms. The summed E-state index contributed by atoms with van der Waals surface area (Å²) in [5.74, 6) is 2.35. The normalized spacial score (nSPS) is 12.3. The Morgan fingerprint density at radius 3 is 2.81 bits per heavy atom. The molecule has 0 radical (unpaired) electrons. The Morgan fingerprint density at radius 2 is 2.00 bits per heavy atom. The number of ether oxygens (including phenoxy) is 3. The first-order chi connectivity index (χ1) is 10.2. The van der Waals surface area contributed by atoms with E-state index in [1.807, 2.05) is 30.3 Å². The van der Waals surface area contributed by atoms with E-state index in [1.54, 1.807) is 7.11 Å². The van der Waals surface area contributed by atoms with Crippen molar-refractivity contribution >= 4 is 37.5 Å². The summed E-state index contributed by atoms with van der Waals surface area (Å²) >= 11 is 7.03. The van der Waals surface area contributed by atoms with Crippen LogP contribution < -0.4 is 19.5 Å². The third-order valence-electron chi connectivity index (χ3n) is 3.14. The molecule has 0 aliphatic carbocycles. The quantitative estimate of drug-likeness (QED) is 0.795. The van der Waals surface area contributed by atoms with Crippen molar-refractivity contribution in [2.45, 2.75) is 6.54 Å². The van der Waals surface area contributed by atoms with E-state index in [0.717, 1.165) is 37.4 Å². The van der Waals surface area contributed by atoms with Crippen LogP contribution in [0, 0.1) is 0 Å². The molecular weight excluding hydrogens is 402 g/mol. The van der Waals surface area contributed by atoms with Gasteiger partial charge >= 0.3 is 0 Å². The molecule has 0 fully saturated rings. The van der Waals surface area contributed by atoms with Crippen LogP contribution in [0.25, 0.3) is 0 Å². The smallest absolute Gasteiger partial charge is 0.231 e. The topological polar surface area (TPSA) is 39.7 Å². The van der Waals surface area contributed by atoms with Gasteiger partial charge < -0.3 is 19.5 Å². The number of anilines is 1. The van der Waals surface area contributed by atoms with Crippen molar-refractivity contribution in [2.75, 3.05) is 19.2 Å². The number of hydrogen-bond acceptors (Lipinski definition) is 4. The molecule has 0 spiro atoms. The van der Waals surface area contributed by atoms with Crippen LogP contribution in [0.15, 0.2) is 39.3 Å². The summed E-state index contributed by atoms with van der Waals surface area (Å²) in [6.45, 7) is 0.938. The van der Waals surface area contributed by atoms with Gasteiger partial charge in [-0.05, 0) is 61.7 Å². The first kappa shape index (κ1) is 14.5. The molecule has 0 amide bonds. The summed E-state index contributed by atoms with van der Waals surface area (Å²) in [4.78, 5) is 0. The van der Waals surface area contributed by atoms with Crippen LogP contribution in [0.4, 0.5) is 5.69 Å². The van der Waals surface area contributed by atoms with Gasteiger partial charge in [0.25, 0.3) is 0 Å². The number of halogens is 2. The van der Waals surface area contributed by atoms with Crippen LogP contribution in [-0.4, -0.2) is 13.9 Å². The molecule has 6 heteroatoms. The molecule has 110 valence electrons. The van der Waals surface area contributed by atoms with Gasteiger partial charge in [0.15, 0.2) is 11.5 Å². The van der Waals surface area contributed by atoms with E-state index in [0.29, 0.717) is 6.54 Å². The van der Waals surface area contributed by atoms with Gasteiger partial charge in [-0.15, -0.1) is 0 Å². The van der Waals surface area contributed by atoms with Crippen LogP contribution >= 0.6 is 31.9 Å². The molecule has 1 N–H and O–H groups in total. The molecule has 0 bridgehead atoms. The first-order valence-electron chi connectivity index (χ1n) is 6.33. The minimum atomic E-state index is 0.270. The maximum Gasteiger partial charge on any atom is 0.231 e. The zero-order chi connectivity index (χ0) is 14.8. The fourth-order valence-corrected chi connectivity index (χ4v) is 3.08. The molecule has 2 aromatic rings. The SMILES string of the molecule is COc1ccc(Br)c(NCc2cc(Br)c3c(c2)OCO3)c1. The number of hydrogen-bond donors (Lipinski definition) is 1. The fraction of sp³-hybridized carbons (Fsp3) is 0.200. The van der Waals surface area contributed by atoms with E-state index in [1.165, 1.54) is 0 Å². The lowest BCUT2D eigenvalue weighted by molar-refractivity contribution is 0.173. The van der Waals surface area contributed by atoms with E-state index >= 15 is 0 Å². The molecule has 4 nitrogen and oxygen atoms in total. The minimum absolute atomic E-state index is 0.270. The Kier molecular flexibility index (Phi) is 4.26. The van der Waals surface area contributed by atoms with Crippen molar-refractivity contribution in [3.63, 3.8) is 0 Å². The van der Waals surface area contributed by atoms with Crippen molar-refractivity contribution in [1.82, 2.24) is 0 Å². The van der Waals surface area contributed by atoms with Gasteiger partial charge in [-0.1, -0.05) is 0 Å². The predicted octanol–water partition coefficient (Wildman–Crippen LogP) is 4.56. The van der Waals surface area contributed by atoms with E-state index in [2.05, 4.69) is 37.2 Å². The van der Waals surface area contributed by atoms with E-state index in [9.17, 15) is 0 Å². The van der Waals surface area contributed by atoms with Gasteiger partial charge in [-0.25, -0.2) is 0 Å². The summed E-state index contributed by atoms with van der Waals surface area (Å²) in [5.41, 5.74) is 2.07. The Bertz CT molecular complexity index is 676. The molecule has 0 unspecified atom stereocenters. The standard InChI is InChI=1S/C15H13Br2NO3/c1-19-10-2-3-11(16)13(6-10)18-7-9-4-12(17)15-14(5-9)20-8-21-15/h2-6,18H,7-8H2,1H3. The van der Waals surface area contributed by atoms with Crippen molar-refractivity contribution in [3.8, 4) is 17.2 Å². The summed E-state index contributed by atoms with van der Waals surface area (Å²) in [6, 6.07) is 9.82. The van der Waals surface area contributed by atoms with Gasteiger partial charge in [-0.2, -0.15) is 0 Å². The first-order valence-corrected chi connectivity index (χ1v) is 7.91. The summed E-state index contributed by atoms with van der Waals surface area (Å²) in [5, 5.41) is 3.38. The number of rotatable bonds is 4. The molecule has 3 rings (SSSR count). The monoisotopic (exact) mass is 413 g/mol. The number of methoxy groups -OCH3 is 1. The van der Waals surface area contributed by atoms with E-state index in [4.69, 9.17) is 14.2 Å². The van der Waals surface area contributed by atoms with Crippen LogP contribution in [0.2, 0.25) is 0 Å². The highest BCUT2D eigenvalue weighted by molar-refractivity contribution is 9.11. The van der Waals surface area contributed by atoms with Crippen LogP contribution in [0.5, 0.6) is 17.2 Å². The molecular formula is C15H13Br2NO3. The zero-order valence-corrected chi connectivity index (χ0v) is 14.5. The lowest BCUT2D eigenvalue weighted by atomic mass is 10.2. The van der Waals surface area contributed by atoms with E-state index < -0.39 is 0 Å². The predicted molar refractivity (Wildman–Crippen MR) is 88.3 cm³/mol. The van der Waals surface area contributed by atoms with Crippen molar-refractivity contribution in [3.05, 3.63) is 44.8 Å². The Labute approximate surface area is 139 Å². The highest BCUT2D eigenvalue weighted by atomic mass is 79.9. The second kappa shape index (κ2) is 6.15. The van der Waals surface area contributed by atoms with Gasteiger partial charge in [0.2, 0.25) is 6.79 Å². The lowest BCUT2D eigenvalue weighted by Gasteiger charge is -2.11. The maximum atomic E-state index is 5.42. The minimum Gasteiger partial charge on any atom is -0.497 e. The van der Waals surface area contributed by atoms with Crippen molar-refractivity contribution in [1.29, 1.82) is 0 Å². The average molecular weight is 415 g/mol. The molecule has 1 heterocycles. The summed E-state index contributed by atoms with van der Waals surface area (Å²) in [6.07, 6.45) is 0. The van der Waals surface area contributed by atoms with Gasteiger partial charge in [-0.3, -0.25) is 0 Å². The van der Waals surface area contributed by atoms with Gasteiger partial charge in [0.05, 0.1) is 17.3 Å². The highest BCUT2D eigenvalue weighted by Crippen LogP contribution is 2.40. The third-order valence-corrected chi connectivity index (χ3v) is 4.42. The Hall–Kier alpha value is -1.40. The zero-order valence-electron chi connectivity index (χ0n) is 11.3. The molecule has 1 aliphatic heterocycles. The number of nitrogens with one attached hydrogen (secondary N) is 1. The Balaban J connectivity index is 1.78. The molecule has 1 aliphatic rings. The second-order valence-electron chi connectivity index (χ2n) is 4.51. The molecule has 0 saturated heterocycles. The molecule has 0 aromatic heterocycles. The second-order valence-corrected chi connectivity index (χ2v) is 6.22. The number of fused-ring (bicyclic) bond motifs is 1. The molecule has 0 saturated carbocycles. The van der Waals surface area contributed by atoms with E-state index in [-0.39, 0.29) is 6.79 Å². The van der Waals surface area contributed by atoms with Crippen LogP contribution in [0.3, 0.4) is 0 Å². The largest absolute Gasteiger partial charge is 0.497 e. The average Bonchev–Trinajstić information content (AvgIpc) is 2.95. The fourth-order valence-electron chi connectivity index (χ4n) is 2.09. The Morgan fingerprint density at radius 1 is 1.14 bits per heavy atom. The van der Waals surface area contributed by atoms with Gasteiger partial charge in [0, 0.05) is 17.1 Å². The summed E-state index contributed by atoms with van der Waals surface area (Å²) < 4.78 is 17.9. The van der Waals surface area contributed by atoms with Crippen LogP contribution in [-0.2, 0) is 6.54 Å². The van der Waals surface area contributed by atoms with Crippen molar-refractivity contribution in [2.24, 2.45) is 0 Å². The third kappa shape index (κ3) is 3.11.